The summed E-state index contributed by atoms with van der Waals surface area (Å²) < 4.78 is 6.98. The van der Waals surface area contributed by atoms with Gasteiger partial charge in [0.05, 0.1) is 6.61 Å². The molecule has 0 aliphatic heterocycles. The third-order valence-electron chi connectivity index (χ3n) is 4.28. The SMILES string of the molecule is CCNCC(CCOc1cccc(Br)c1)C1CCCC1. The second-order valence-electron chi connectivity index (χ2n) is 5.71. The Morgan fingerprint density at radius 2 is 2.15 bits per heavy atom. The van der Waals surface area contributed by atoms with Crippen LogP contribution in [0, 0.1) is 11.8 Å². The lowest BCUT2D eigenvalue weighted by Crippen LogP contribution is -2.28. The molecular weight excluding hydrogens is 314 g/mol. The Hall–Kier alpha value is -0.540. The highest BCUT2D eigenvalue weighted by atomic mass is 79.9. The molecule has 1 atom stereocenters. The van der Waals surface area contributed by atoms with Crippen LogP contribution in [0.5, 0.6) is 5.75 Å². The smallest absolute Gasteiger partial charge is 0.120 e. The van der Waals surface area contributed by atoms with Gasteiger partial charge in [0.1, 0.15) is 5.75 Å². The molecule has 20 heavy (non-hydrogen) atoms. The molecule has 1 fully saturated rings. The van der Waals surface area contributed by atoms with Crippen LogP contribution in [0.15, 0.2) is 28.7 Å². The molecule has 1 aliphatic rings. The predicted octanol–water partition coefficient (Wildman–Crippen LogP) is 4.63. The molecule has 2 rings (SSSR count). The van der Waals surface area contributed by atoms with E-state index in [0.717, 1.165) is 48.2 Å². The molecule has 1 aromatic carbocycles. The van der Waals surface area contributed by atoms with Crippen molar-refractivity contribution in [1.29, 1.82) is 0 Å². The molecule has 0 spiro atoms. The summed E-state index contributed by atoms with van der Waals surface area (Å²) in [6.45, 7) is 5.21. The zero-order valence-electron chi connectivity index (χ0n) is 12.4. The zero-order chi connectivity index (χ0) is 14.2. The Balaban J connectivity index is 1.78. The van der Waals surface area contributed by atoms with E-state index in [2.05, 4.69) is 28.2 Å². The van der Waals surface area contributed by atoms with Gasteiger partial charge in [-0.2, -0.15) is 0 Å². The summed E-state index contributed by atoms with van der Waals surface area (Å²) in [7, 11) is 0. The maximum Gasteiger partial charge on any atom is 0.120 e. The minimum atomic E-state index is 0.768. The van der Waals surface area contributed by atoms with E-state index in [-0.39, 0.29) is 0 Å². The van der Waals surface area contributed by atoms with E-state index in [4.69, 9.17) is 4.74 Å². The van der Waals surface area contributed by atoms with Crippen molar-refractivity contribution in [2.24, 2.45) is 11.8 Å². The fourth-order valence-electron chi connectivity index (χ4n) is 3.15. The van der Waals surface area contributed by atoms with Crippen LogP contribution in [0.3, 0.4) is 0 Å². The molecule has 1 aliphatic carbocycles. The first kappa shape index (κ1) is 15.8. The van der Waals surface area contributed by atoms with E-state index in [1.54, 1.807) is 0 Å². The van der Waals surface area contributed by atoms with Crippen molar-refractivity contribution in [1.82, 2.24) is 5.32 Å². The largest absolute Gasteiger partial charge is 0.494 e. The van der Waals surface area contributed by atoms with Crippen molar-refractivity contribution in [2.45, 2.75) is 39.0 Å². The van der Waals surface area contributed by atoms with Crippen LogP contribution < -0.4 is 10.1 Å². The summed E-state index contributed by atoms with van der Waals surface area (Å²) in [5.74, 6) is 2.64. The lowest BCUT2D eigenvalue weighted by Gasteiger charge is -2.23. The lowest BCUT2D eigenvalue weighted by molar-refractivity contribution is 0.230. The number of hydrogen-bond acceptors (Lipinski definition) is 2. The van der Waals surface area contributed by atoms with Crippen molar-refractivity contribution in [2.75, 3.05) is 19.7 Å². The van der Waals surface area contributed by atoms with E-state index in [1.807, 2.05) is 24.3 Å². The van der Waals surface area contributed by atoms with Gasteiger partial charge in [-0.1, -0.05) is 54.6 Å². The third-order valence-corrected chi connectivity index (χ3v) is 4.77. The molecule has 1 unspecified atom stereocenters. The first-order chi connectivity index (χ1) is 9.79. The molecule has 1 aromatic rings. The maximum absolute atomic E-state index is 5.90. The maximum atomic E-state index is 5.90. The quantitative estimate of drug-likeness (QED) is 0.745. The van der Waals surface area contributed by atoms with Crippen LogP contribution in [0.25, 0.3) is 0 Å². The standard InChI is InChI=1S/C17H26BrNO/c1-2-19-13-15(14-6-3-4-7-14)10-11-20-17-9-5-8-16(18)12-17/h5,8-9,12,14-15,19H,2-4,6-7,10-11,13H2,1H3. The fourth-order valence-corrected chi connectivity index (χ4v) is 3.53. The van der Waals surface area contributed by atoms with Gasteiger partial charge in [-0.25, -0.2) is 0 Å². The van der Waals surface area contributed by atoms with E-state index in [9.17, 15) is 0 Å². The minimum Gasteiger partial charge on any atom is -0.494 e. The minimum absolute atomic E-state index is 0.768. The van der Waals surface area contributed by atoms with Gasteiger partial charge in [0.25, 0.3) is 0 Å². The molecule has 2 nitrogen and oxygen atoms in total. The highest BCUT2D eigenvalue weighted by Gasteiger charge is 2.24. The molecule has 0 aromatic heterocycles. The fraction of sp³-hybridized carbons (Fsp3) is 0.647. The highest BCUT2D eigenvalue weighted by Crippen LogP contribution is 2.33. The molecule has 3 heteroatoms. The number of rotatable bonds is 8. The molecule has 0 radical (unpaired) electrons. The second-order valence-corrected chi connectivity index (χ2v) is 6.62. The predicted molar refractivity (Wildman–Crippen MR) is 88.2 cm³/mol. The van der Waals surface area contributed by atoms with Gasteiger partial charge in [-0.15, -0.1) is 0 Å². The summed E-state index contributed by atoms with van der Waals surface area (Å²) in [4.78, 5) is 0. The number of benzene rings is 1. The molecule has 0 saturated heterocycles. The molecule has 1 N–H and O–H groups in total. The Kier molecular flexibility index (Phi) is 6.88. The van der Waals surface area contributed by atoms with Crippen molar-refractivity contribution in [3.63, 3.8) is 0 Å². The van der Waals surface area contributed by atoms with E-state index < -0.39 is 0 Å². The normalized spacial score (nSPS) is 17.3. The Bertz CT molecular complexity index is 390. The number of nitrogens with one attached hydrogen (secondary N) is 1. The van der Waals surface area contributed by atoms with E-state index in [0.29, 0.717) is 0 Å². The number of ether oxygens (including phenoxy) is 1. The molecule has 0 bridgehead atoms. The monoisotopic (exact) mass is 339 g/mol. The van der Waals surface area contributed by atoms with Gasteiger partial charge in [-0.05, 0) is 49.5 Å². The topological polar surface area (TPSA) is 21.3 Å². The van der Waals surface area contributed by atoms with Crippen molar-refractivity contribution in [3.05, 3.63) is 28.7 Å². The Morgan fingerprint density at radius 1 is 1.35 bits per heavy atom. The van der Waals surface area contributed by atoms with Crippen LogP contribution >= 0.6 is 15.9 Å². The van der Waals surface area contributed by atoms with E-state index in [1.165, 1.54) is 25.7 Å². The van der Waals surface area contributed by atoms with Crippen molar-refractivity contribution >= 4 is 15.9 Å². The van der Waals surface area contributed by atoms with Gasteiger partial charge >= 0.3 is 0 Å². The van der Waals surface area contributed by atoms with Crippen LogP contribution in [-0.2, 0) is 0 Å². The molecule has 0 amide bonds. The number of halogens is 1. The van der Waals surface area contributed by atoms with Crippen LogP contribution in [-0.4, -0.2) is 19.7 Å². The number of hydrogen-bond donors (Lipinski definition) is 1. The van der Waals surface area contributed by atoms with Crippen molar-refractivity contribution < 1.29 is 4.74 Å². The Labute approximate surface area is 131 Å². The highest BCUT2D eigenvalue weighted by molar-refractivity contribution is 9.10. The summed E-state index contributed by atoms with van der Waals surface area (Å²) in [5, 5.41) is 3.52. The molecule has 0 heterocycles. The third kappa shape index (κ3) is 5.10. The summed E-state index contributed by atoms with van der Waals surface area (Å²) in [5.41, 5.74) is 0. The van der Waals surface area contributed by atoms with Crippen LogP contribution in [0.4, 0.5) is 0 Å². The average molecular weight is 340 g/mol. The molecular formula is C17H26BrNO. The van der Waals surface area contributed by atoms with Crippen molar-refractivity contribution in [3.8, 4) is 5.75 Å². The molecule has 112 valence electrons. The van der Waals surface area contributed by atoms with Gasteiger partial charge < -0.3 is 10.1 Å². The average Bonchev–Trinajstić information content (AvgIpc) is 2.96. The van der Waals surface area contributed by atoms with Gasteiger partial charge in [-0.3, -0.25) is 0 Å². The van der Waals surface area contributed by atoms with Gasteiger partial charge in [0.15, 0.2) is 0 Å². The Morgan fingerprint density at radius 3 is 2.85 bits per heavy atom. The summed E-state index contributed by atoms with van der Waals surface area (Å²) >= 11 is 3.48. The first-order valence-electron chi connectivity index (χ1n) is 7.88. The van der Waals surface area contributed by atoms with Gasteiger partial charge in [0, 0.05) is 4.47 Å². The second kappa shape index (κ2) is 8.68. The lowest BCUT2D eigenvalue weighted by atomic mass is 9.88. The first-order valence-corrected chi connectivity index (χ1v) is 8.68. The van der Waals surface area contributed by atoms with Crippen LogP contribution in [0.2, 0.25) is 0 Å². The van der Waals surface area contributed by atoms with Gasteiger partial charge in [0.2, 0.25) is 0 Å². The van der Waals surface area contributed by atoms with Crippen LogP contribution in [0.1, 0.15) is 39.0 Å². The summed E-state index contributed by atoms with van der Waals surface area (Å²) in [6, 6.07) is 8.11. The summed E-state index contributed by atoms with van der Waals surface area (Å²) in [6.07, 6.45) is 6.81. The molecule has 1 saturated carbocycles. The van der Waals surface area contributed by atoms with E-state index >= 15 is 0 Å². The zero-order valence-corrected chi connectivity index (χ0v) is 14.0.